The molecule has 8 heteroatoms. The number of hydrogen-bond donors (Lipinski definition) is 4. The highest BCUT2D eigenvalue weighted by Gasteiger charge is 2.32. The monoisotopic (exact) mass is 565 g/mol. The van der Waals surface area contributed by atoms with Gasteiger partial charge in [0.25, 0.3) is 5.91 Å². The second kappa shape index (κ2) is 11.1. The molecule has 6 nitrogen and oxygen atoms in total. The second-order valence-corrected chi connectivity index (χ2v) is 11.7. The molecule has 1 aliphatic heterocycles. The Labute approximate surface area is 204 Å². The van der Waals surface area contributed by atoms with Crippen LogP contribution in [0.15, 0.2) is 69.1 Å². The number of benzene rings is 1. The van der Waals surface area contributed by atoms with Crippen molar-refractivity contribution in [1.82, 2.24) is 10.2 Å². The van der Waals surface area contributed by atoms with Crippen molar-refractivity contribution in [3.63, 3.8) is 0 Å². The predicted molar refractivity (Wildman–Crippen MR) is 142 cm³/mol. The Balaban J connectivity index is 1.78. The number of rotatable bonds is 8. The average Bonchev–Trinajstić information content (AvgIpc) is 2.74. The van der Waals surface area contributed by atoms with E-state index in [1.165, 1.54) is 0 Å². The van der Waals surface area contributed by atoms with E-state index in [2.05, 4.69) is 5.32 Å². The largest absolute Gasteiger partial charge is 0.399 e. The molecule has 0 bridgehead atoms. The Morgan fingerprint density at radius 3 is 2.69 bits per heavy atom. The molecule has 0 saturated carbocycles. The van der Waals surface area contributed by atoms with Gasteiger partial charge in [0, 0.05) is 29.8 Å². The molecular formula is C24H29ClIN5O. The molecule has 1 aliphatic carbocycles. The summed E-state index contributed by atoms with van der Waals surface area (Å²) in [7, 11) is 0. The Kier molecular flexibility index (Phi) is 8.44. The van der Waals surface area contributed by atoms with E-state index in [1.54, 1.807) is 4.90 Å². The van der Waals surface area contributed by atoms with Crippen LogP contribution in [0.5, 0.6) is 0 Å². The first-order chi connectivity index (χ1) is 15.3. The van der Waals surface area contributed by atoms with E-state index >= 15 is 0 Å². The lowest BCUT2D eigenvalue weighted by atomic mass is 9.95. The van der Waals surface area contributed by atoms with Crippen LogP contribution in [0.4, 0.5) is 0 Å². The smallest absolute Gasteiger partial charge is 0.275 e. The highest BCUT2D eigenvalue weighted by atomic mass is 127. The Morgan fingerprint density at radius 1 is 1.34 bits per heavy atom. The molecule has 32 heavy (non-hydrogen) atoms. The van der Waals surface area contributed by atoms with Crippen LogP contribution in [-0.2, 0) is 11.2 Å². The van der Waals surface area contributed by atoms with Crippen LogP contribution in [0.25, 0.3) is 0 Å². The molecule has 1 aromatic carbocycles. The van der Waals surface area contributed by atoms with E-state index in [9.17, 15) is 4.79 Å². The number of allylic oxidation sites excluding steroid dienone is 4. The lowest BCUT2D eigenvalue weighted by Gasteiger charge is -2.33. The van der Waals surface area contributed by atoms with E-state index in [0.29, 0.717) is 17.8 Å². The van der Waals surface area contributed by atoms with Crippen LogP contribution in [-0.4, -0.2) is 32.9 Å². The number of carbonyl (C=O) groups excluding carboxylic acids is 1. The summed E-state index contributed by atoms with van der Waals surface area (Å²) in [4.78, 5) is 15.1. The number of nitrogens with one attached hydrogen (secondary N) is 2. The fraction of sp³-hybridized carbons (Fsp3) is 0.292. The highest BCUT2D eigenvalue weighted by Crippen LogP contribution is 2.38. The summed E-state index contributed by atoms with van der Waals surface area (Å²) < 4.78 is 1.51. The molecule has 0 saturated heterocycles. The van der Waals surface area contributed by atoms with Gasteiger partial charge in [0.2, 0.25) is 0 Å². The maximum atomic E-state index is 13.3. The van der Waals surface area contributed by atoms with Gasteiger partial charge in [-0.05, 0) is 59.1 Å². The van der Waals surface area contributed by atoms with E-state index in [0.717, 1.165) is 30.8 Å². The van der Waals surface area contributed by atoms with Crippen LogP contribution in [0.3, 0.4) is 0 Å². The van der Waals surface area contributed by atoms with E-state index in [-0.39, 0.29) is 23.7 Å². The van der Waals surface area contributed by atoms with Gasteiger partial charge in [0.05, 0.1) is 8.74 Å². The summed E-state index contributed by atoms with van der Waals surface area (Å²) in [6.07, 6.45) is 11.5. The molecule has 0 radical (unpaired) electrons. The van der Waals surface area contributed by atoms with Crippen LogP contribution in [0.2, 0.25) is 0 Å². The van der Waals surface area contributed by atoms with Crippen molar-refractivity contribution in [2.45, 2.75) is 32.7 Å². The second-order valence-electron chi connectivity index (χ2n) is 7.97. The third kappa shape index (κ3) is 6.17. The number of nitrogens with zero attached hydrogens (tertiary/aromatic N) is 1. The minimum absolute atomic E-state index is 0.00267. The van der Waals surface area contributed by atoms with Crippen molar-refractivity contribution in [2.24, 2.45) is 17.4 Å². The zero-order valence-electron chi connectivity index (χ0n) is 18.2. The van der Waals surface area contributed by atoms with Crippen molar-refractivity contribution < 1.29 is 4.79 Å². The number of amides is 1. The summed E-state index contributed by atoms with van der Waals surface area (Å²) in [6, 6.07) is 7.77. The molecule has 0 fully saturated rings. The summed E-state index contributed by atoms with van der Waals surface area (Å²) in [5, 5.41) is 10.8. The maximum absolute atomic E-state index is 13.3. The zero-order valence-corrected chi connectivity index (χ0v) is 21.2. The molecule has 3 rings (SSSR count). The van der Waals surface area contributed by atoms with Crippen LogP contribution < -0.4 is 16.8 Å². The first-order valence-corrected chi connectivity index (χ1v) is 13.0. The summed E-state index contributed by atoms with van der Waals surface area (Å²) >= 11 is 6.03. The summed E-state index contributed by atoms with van der Waals surface area (Å²) in [6.45, 7) is 4.49. The first kappa shape index (κ1) is 24.4. The van der Waals surface area contributed by atoms with E-state index < -0.39 is 20.7 Å². The van der Waals surface area contributed by atoms with Gasteiger partial charge < -0.3 is 16.4 Å². The molecule has 1 heterocycles. The minimum atomic E-state index is -0.748. The third-order valence-corrected chi connectivity index (χ3v) is 8.04. The Morgan fingerprint density at radius 2 is 2.06 bits per heavy atom. The van der Waals surface area contributed by atoms with Crippen molar-refractivity contribution in [2.75, 3.05) is 6.54 Å². The van der Waals surface area contributed by atoms with Gasteiger partial charge in [-0.25, -0.2) is 0 Å². The van der Waals surface area contributed by atoms with Crippen LogP contribution in [0, 0.1) is 11.3 Å². The molecule has 2 aliphatic rings. The van der Waals surface area contributed by atoms with Crippen molar-refractivity contribution >= 4 is 47.7 Å². The zero-order chi connectivity index (χ0) is 23.3. The number of amidine groups is 1. The first-order valence-electron chi connectivity index (χ1n) is 10.5. The number of hydrogen-bond acceptors (Lipinski definition) is 4. The highest BCUT2D eigenvalue weighted by molar-refractivity contribution is 14.2. The van der Waals surface area contributed by atoms with Crippen molar-refractivity contribution in [3.05, 3.63) is 80.2 Å². The molecule has 1 unspecified atom stereocenters. The quantitative estimate of drug-likeness (QED) is 0.166. The molecule has 170 valence electrons. The van der Waals surface area contributed by atoms with Gasteiger partial charge in [-0.3, -0.25) is 15.5 Å². The summed E-state index contributed by atoms with van der Waals surface area (Å²) in [5.74, 6) is 0.0659. The number of nitrogen functional groups attached to an aromatic ring is 1. The standard InChI is InChI=1S/C24H29ClIN5O/c1-15(2)30-22-24(32)31(20(21(25)26-22)18-7-5-8-19(27)14-18)13-4-3-6-16-9-11-17(12-10-16)23(28)29/h3-5,8-12,14-15,18,30H,6-7,13,27H2,1-2H3,(H3,28,29)/b4-3-. The normalized spacial score (nSPS) is 19.3. The minimum Gasteiger partial charge on any atom is -0.399 e. The van der Waals surface area contributed by atoms with Gasteiger partial charge in [-0.15, -0.1) is 0 Å². The Bertz CT molecular complexity index is 1040. The fourth-order valence-corrected chi connectivity index (χ4v) is 6.95. The molecule has 0 spiro atoms. The van der Waals surface area contributed by atoms with Gasteiger partial charge in [0.15, 0.2) is 0 Å². The van der Waals surface area contributed by atoms with Crippen LogP contribution in [0.1, 0.15) is 31.4 Å². The average molecular weight is 566 g/mol. The molecule has 6 N–H and O–H groups in total. The van der Waals surface area contributed by atoms with Gasteiger partial charge >= 0.3 is 0 Å². The topological polar surface area (TPSA) is 108 Å². The number of nitrogens with two attached hydrogens (primary N) is 2. The lowest BCUT2D eigenvalue weighted by molar-refractivity contribution is -0.122. The number of halogens is 2. The molecule has 1 aromatic rings. The van der Waals surface area contributed by atoms with Gasteiger partial charge in [-0.1, -0.05) is 60.2 Å². The SMILES string of the molecule is CC(C)NC1=IC(Cl)=C(C2C=C(N)C=CC2)N(C/C=C\Cc2ccc(C(=N)N)cc2)C1=O. The molecular weight excluding hydrogens is 537 g/mol. The van der Waals surface area contributed by atoms with Gasteiger partial charge in [-0.2, -0.15) is 0 Å². The molecule has 0 aromatic heterocycles. The van der Waals surface area contributed by atoms with Crippen molar-refractivity contribution in [1.29, 1.82) is 5.41 Å². The van der Waals surface area contributed by atoms with E-state index in [1.807, 2.05) is 68.5 Å². The number of carbonyl (C=O) groups is 1. The molecule has 1 atom stereocenters. The van der Waals surface area contributed by atoms with Crippen LogP contribution >= 0.6 is 32.3 Å². The van der Waals surface area contributed by atoms with E-state index in [4.69, 9.17) is 28.5 Å². The summed E-state index contributed by atoms with van der Waals surface area (Å²) in [5.41, 5.74) is 14.9. The van der Waals surface area contributed by atoms with Crippen molar-refractivity contribution in [3.8, 4) is 0 Å². The molecule has 1 amide bonds. The fourth-order valence-electron chi connectivity index (χ4n) is 3.48. The maximum Gasteiger partial charge on any atom is 0.275 e. The third-order valence-electron chi connectivity index (χ3n) is 5.03. The lowest BCUT2D eigenvalue weighted by Crippen LogP contribution is -2.46. The Hall–Kier alpha value is -2.23. The van der Waals surface area contributed by atoms with Gasteiger partial charge in [0.1, 0.15) is 9.47 Å². The predicted octanol–water partition coefficient (Wildman–Crippen LogP) is 3.84.